The van der Waals surface area contributed by atoms with Gasteiger partial charge in [-0.25, -0.2) is 0 Å². The largest absolute Gasteiger partial charge is 0.465 e. The molecular weight excluding hydrogens is 158 g/mol. The van der Waals surface area contributed by atoms with Crippen molar-refractivity contribution < 1.29 is 14.6 Å². The lowest BCUT2D eigenvalue weighted by atomic mass is 9.98. The van der Waals surface area contributed by atoms with Crippen LogP contribution in [0.1, 0.15) is 20.8 Å². The van der Waals surface area contributed by atoms with E-state index in [1.165, 1.54) is 0 Å². The standard InChI is InChI=1S/C8H17NO3/c1-4-12-8(11)7(9)5(2)6(3)10/h5-7,10H,4,9H2,1-3H3/t5-,6?,7-/m0/s1. The highest BCUT2D eigenvalue weighted by Gasteiger charge is 2.25. The van der Waals surface area contributed by atoms with E-state index in [9.17, 15) is 4.79 Å². The number of ether oxygens (including phenoxy) is 1. The molecule has 12 heavy (non-hydrogen) atoms. The number of aliphatic hydroxyl groups is 1. The highest BCUT2D eigenvalue weighted by atomic mass is 16.5. The van der Waals surface area contributed by atoms with Crippen molar-refractivity contribution in [2.75, 3.05) is 6.61 Å². The first kappa shape index (κ1) is 11.4. The SMILES string of the molecule is CCOC(=O)[C@@H](N)[C@@H](C)C(C)O. The highest BCUT2D eigenvalue weighted by Crippen LogP contribution is 2.07. The van der Waals surface area contributed by atoms with Crippen LogP contribution in [0.2, 0.25) is 0 Å². The van der Waals surface area contributed by atoms with E-state index in [4.69, 9.17) is 15.6 Å². The predicted molar refractivity (Wildman–Crippen MR) is 45.5 cm³/mol. The topological polar surface area (TPSA) is 72.5 Å². The van der Waals surface area contributed by atoms with Gasteiger partial charge in [0.25, 0.3) is 0 Å². The summed E-state index contributed by atoms with van der Waals surface area (Å²) >= 11 is 0. The minimum absolute atomic E-state index is 0.274. The maximum atomic E-state index is 11.0. The molecule has 0 heterocycles. The number of carbonyl (C=O) groups excluding carboxylic acids is 1. The molecule has 0 saturated heterocycles. The van der Waals surface area contributed by atoms with Crippen LogP contribution in [0, 0.1) is 5.92 Å². The molecule has 4 heteroatoms. The first-order valence-electron chi connectivity index (χ1n) is 4.11. The van der Waals surface area contributed by atoms with Gasteiger partial charge in [-0.1, -0.05) is 6.92 Å². The Balaban J connectivity index is 4.00. The van der Waals surface area contributed by atoms with Gasteiger partial charge in [-0.3, -0.25) is 4.79 Å². The number of nitrogens with two attached hydrogens (primary N) is 1. The van der Waals surface area contributed by atoms with Crippen molar-refractivity contribution in [2.24, 2.45) is 11.7 Å². The Hall–Kier alpha value is -0.610. The van der Waals surface area contributed by atoms with Gasteiger partial charge in [-0.05, 0) is 13.8 Å². The molecule has 1 unspecified atom stereocenters. The minimum Gasteiger partial charge on any atom is -0.465 e. The third kappa shape index (κ3) is 3.19. The summed E-state index contributed by atoms with van der Waals surface area (Å²) in [5.74, 6) is -0.727. The molecule has 0 aliphatic rings. The fraction of sp³-hybridized carbons (Fsp3) is 0.875. The summed E-state index contributed by atoms with van der Waals surface area (Å²) in [4.78, 5) is 11.0. The quantitative estimate of drug-likeness (QED) is 0.585. The van der Waals surface area contributed by atoms with E-state index in [0.29, 0.717) is 6.61 Å². The second kappa shape index (κ2) is 5.11. The number of rotatable bonds is 4. The molecule has 72 valence electrons. The van der Waals surface area contributed by atoms with Crippen LogP contribution in [0.4, 0.5) is 0 Å². The van der Waals surface area contributed by atoms with Gasteiger partial charge in [-0.2, -0.15) is 0 Å². The van der Waals surface area contributed by atoms with Crippen LogP contribution in [0.15, 0.2) is 0 Å². The molecule has 4 nitrogen and oxygen atoms in total. The molecule has 0 fully saturated rings. The third-order valence-corrected chi connectivity index (χ3v) is 1.89. The molecular formula is C8H17NO3. The molecule has 0 aromatic heterocycles. The summed E-state index contributed by atoms with van der Waals surface area (Å²) in [6.07, 6.45) is -0.593. The van der Waals surface area contributed by atoms with Crippen LogP contribution in [-0.4, -0.2) is 29.8 Å². The zero-order valence-corrected chi connectivity index (χ0v) is 7.78. The zero-order chi connectivity index (χ0) is 9.72. The Bertz CT molecular complexity index is 147. The van der Waals surface area contributed by atoms with E-state index in [2.05, 4.69) is 0 Å². The molecule has 0 aromatic carbocycles. The van der Waals surface area contributed by atoms with Crippen molar-refractivity contribution in [3.63, 3.8) is 0 Å². The van der Waals surface area contributed by atoms with Gasteiger partial charge in [0, 0.05) is 5.92 Å². The molecule has 0 spiro atoms. The van der Waals surface area contributed by atoms with Gasteiger partial charge >= 0.3 is 5.97 Å². The van der Waals surface area contributed by atoms with Crippen molar-refractivity contribution >= 4 is 5.97 Å². The molecule has 0 saturated carbocycles. The number of hydrogen-bond acceptors (Lipinski definition) is 4. The highest BCUT2D eigenvalue weighted by molar-refractivity contribution is 5.75. The van der Waals surface area contributed by atoms with Gasteiger partial charge in [0.05, 0.1) is 12.7 Å². The Morgan fingerprint density at radius 2 is 2.08 bits per heavy atom. The van der Waals surface area contributed by atoms with Crippen molar-refractivity contribution in [3.8, 4) is 0 Å². The molecule has 0 radical (unpaired) electrons. The van der Waals surface area contributed by atoms with Crippen LogP contribution in [0.5, 0.6) is 0 Å². The van der Waals surface area contributed by atoms with E-state index >= 15 is 0 Å². The lowest BCUT2D eigenvalue weighted by Gasteiger charge is -2.20. The van der Waals surface area contributed by atoms with Gasteiger partial charge in [-0.15, -0.1) is 0 Å². The first-order valence-corrected chi connectivity index (χ1v) is 4.11. The van der Waals surface area contributed by atoms with Crippen LogP contribution in [-0.2, 0) is 9.53 Å². The fourth-order valence-corrected chi connectivity index (χ4v) is 0.753. The van der Waals surface area contributed by atoms with Crippen molar-refractivity contribution in [1.29, 1.82) is 0 Å². The van der Waals surface area contributed by atoms with Crippen LogP contribution < -0.4 is 5.73 Å². The maximum Gasteiger partial charge on any atom is 0.323 e. The lowest BCUT2D eigenvalue weighted by molar-refractivity contribution is -0.146. The lowest BCUT2D eigenvalue weighted by Crippen LogP contribution is -2.42. The Kier molecular flexibility index (Phi) is 4.85. The number of esters is 1. The van der Waals surface area contributed by atoms with Crippen LogP contribution in [0.25, 0.3) is 0 Å². The summed E-state index contributed by atoms with van der Waals surface area (Å²) in [5, 5.41) is 9.12. The number of carbonyl (C=O) groups is 1. The Morgan fingerprint density at radius 3 is 2.42 bits per heavy atom. The molecule has 0 bridgehead atoms. The van der Waals surface area contributed by atoms with Crippen molar-refractivity contribution in [3.05, 3.63) is 0 Å². The third-order valence-electron chi connectivity index (χ3n) is 1.89. The summed E-state index contributed by atoms with van der Waals surface area (Å²) in [7, 11) is 0. The van der Waals surface area contributed by atoms with Gasteiger partial charge in [0.1, 0.15) is 6.04 Å². The molecule has 3 N–H and O–H groups in total. The van der Waals surface area contributed by atoms with Gasteiger partial charge in [0.15, 0.2) is 0 Å². The van der Waals surface area contributed by atoms with Crippen molar-refractivity contribution in [1.82, 2.24) is 0 Å². The van der Waals surface area contributed by atoms with E-state index in [0.717, 1.165) is 0 Å². The normalized spacial score (nSPS) is 18.1. The molecule has 3 atom stereocenters. The predicted octanol–water partition coefficient (Wildman–Crippen LogP) is -0.106. The summed E-state index contributed by atoms with van der Waals surface area (Å²) in [5.41, 5.74) is 5.51. The smallest absolute Gasteiger partial charge is 0.323 e. The summed E-state index contributed by atoms with van der Waals surface area (Å²) in [6, 6.07) is -0.732. The van der Waals surface area contributed by atoms with Gasteiger partial charge < -0.3 is 15.6 Å². The van der Waals surface area contributed by atoms with E-state index in [-0.39, 0.29) is 5.92 Å². The fourth-order valence-electron chi connectivity index (χ4n) is 0.753. The van der Waals surface area contributed by atoms with Crippen LogP contribution in [0.3, 0.4) is 0 Å². The van der Waals surface area contributed by atoms with E-state index in [1.54, 1.807) is 20.8 Å². The molecule has 0 amide bonds. The molecule has 0 aliphatic carbocycles. The minimum atomic E-state index is -0.732. The number of aliphatic hydroxyl groups excluding tert-OH is 1. The zero-order valence-electron chi connectivity index (χ0n) is 7.78. The average Bonchev–Trinajstić information content (AvgIpc) is 2.02. The van der Waals surface area contributed by atoms with Crippen molar-refractivity contribution in [2.45, 2.75) is 32.9 Å². The Morgan fingerprint density at radius 1 is 1.58 bits per heavy atom. The van der Waals surface area contributed by atoms with Crippen LogP contribution >= 0.6 is 0 Å². The van der Waals surface area contributed by atoms with E-state index < -0.39 is 18.1 Å². The molecule has 0 rings (SSSR count). The molecule has 0 aromatic rings. The summed E-state index contributed by atoms with van der Waals surface area (Å²) < 4.78 is 4.70. The number of hydrogen-bond donors (Lipinski definition) is 2. The second-order valence-corrected chi connectivity index (χ2v) is 2.88. The second-order valence-electron chi connectivity index (χ2n) is 2.88. The van der Waals surface area contributed by atoms with E-state index in [1.807, 2.05) is 0 Å². The summed E-state index contributed by atoms with van der Waals surface area (Å²) in [6.45, 7) is 5.35. The van der Waals surface area contributed by atoms with Gasteiger partial charge in [0.2, 0.25) is 0 Å². The monoisotopic (exact) mass is 175 g/mol. The Labute approximate surface area is 72.7 Å². The first-order chi connectivity index (χ1) is 5.50. The average molecular weight is 175 g/mol. The maximum absolute atomic E-state index is 11.0. The molecule has 0 aliphatic heterocycles.